The molecule has 0 unspecified atom stereocenters. The predicted molar refractivity (Wildman–Crippen MR) is 18.0 cm³/mol. The SMILES string of the molecule is O.O.O.[O]=[Na]=[O]. The Hall–Kier alpha value is 0.480. The fourth-order valence-corrected chi connectivity index (χ4v) is 0. The fraction of sp³-hybridized carbons (Fsp3) is 0. The summed E-state index contributed by atoms with van der Waals surface area (Å²) in [6, 6.07) is 0. The fourth-order valence-electron chi connectivity index (χ4n) is 0. The van der Waals surface area contributed by atoms with Gasteiger partial charge in [-0.25, -0.2) is 0 Å². The first-order valence-electron chi connectivity index (χ1n) is 0.816. The van der Waals surface area contributed by atoms with E-state index in [1.54, 1.807) is 0 Å². The van der Waals surface area contributed by atoms with Gasteiger partial charge >= 0.3 is 31.2 Å². The van der Waals surface area contributed by atoms with Crippen molar-refractivity contribution in [3.8, 4) is 0 Å². The van der Waals surface area contributed by atoms with E-state index in [-0.39, 0.29) is 16.4 Å². The maximum atomic E-state index is 8.57. The third-order valence-corrected chi connectivity index (χ3v) is 0. The number of hydrogen-bond acceptors (Lipinski definition) is 2. The number of hydrogen-bond donors (Lipinski definition) is 0. The molecule has 0 amide bonds. The van der Waals surface area contributed by atoms with Gasteiger partial charge < -0.3 is 16.4 Å². The van der Waals surface area contributed by atoms with E-state index < -0.39 is 26.4 Å². The average Bonchev–Trinajstić information content (AvgIpc) is 0.918. The summed E-state index contributed by atoms with van der Waals surface area (Å²) in [6.07, 6.45) is 0. The average molecular weight is 109 g/mol. The Labute approximate surface area is 47.9 Å². The molecule has 0 aromatic rings. The molecule has 6 heavy (non-hydrogen) atoms. The Balaban J connectivity index is -0.00000000667. The van der Waals surface area contributed by atoms with Crippen LogP contribution < -0.4 is 0 Å². The Morgan fingerprint density at radius 3 is 0.833 bits per heavy atom. The van der Waals surface area contributed by atoms with E-state index in [1.165, 1.54) is 0 Å². The molecule has 0 atom stereocenters. The molecule has 6 heteroatoms. The second kappa shape index (κ2) is 50.2. The van der Waals surface area contributed by atoms with Gasteiger partial charge in [-0.15, -0.1) is 0 Å². The molecule has 0 aliphatic heterocycles. The van der Waals surface area contributed by atoms with Crippen molar-refractivity contribution < 1.29 is 21.3 Å². The molecule has 0 aromatic heterocycles. The van der Waals surface area contributed by atoms with Gasteiger partial charge in [-0.2, -0.15) is 0 Å². The summed E-state index contributed by atoms with van der Waals surface area (Å²) in [7, 11) is 0. The first-order valence-corrected chi connectivity index (χ1v) is 2.45. The van der Waals surface area contributed by atoms with Crippen molar-refractivity contribution in [2.45, 2.75) is 0 Å². The van der Waals surface area contributed by atoms with Crippen LogP contribution in [0.5, 0.6) is 0 Å². The van der Waals surface area contributed by atoms with Gasteiger partial charge in [-0.3, -0.25) is 0 Å². The van der Waals surface area contributed by atoms with Crippen molar-refractivity contribution in [1.82, 2.24) is 0 Å². The number of rotatable bonds is 0. The van der Waals surface area contributed by atoms with Crippen LogP contribution in [0.2, 0.25) is 0 Å². The second-order valence-corrected chi connectivity index (χ2v) is 0.500. The molecule has 0 bridgehead atoms. The van der Waals surface area contributed by atoms with E-state index in [1.807, 2.05) is 0 Å². The minimum absolute atomic E-state index is 0. The first-order chi connectivity index (χ1) is 1.41. The molecule has 3 radical (unpaired) electrons. The van der Waals surface area contributed by atoms with Crippen LogP contribution in [0, 0.1) is 0 Å². The van der Waals surface area contributed by atoms with Crippen LogP contribution >= 0.6 is 0 Å². The van der Waals surface area contributed by atoms with Crippen LogP contribution in [-0.4, -0.2) is 42.8 Å². The summed E-state index contributed by atoms with van der Waals surface area (Å²) in [5, 5.41) is 0. The molecular formula is H6NaO5. The normalized spacial score (nSPS) is 1.33. The standard InChI is InChI=1S/Na.3H2O.2O/h;3*1H2;;. The quantitative estimate of drug-likeness (QED) is 0.305. The van der Waals surface area contributed by atoms with Gasteiger partial charge in [0, 0.05) is 0 Å². The van der Waals surface area contributed by atoms with E-state index >= 15 is 0 Å². The van der Waals surface area contributed by atoms with Gasteiger partial charge in [0.05, 0.1) is 0 Å². The molecule has 0 aliphatic rings. The van der Waals surface area contributed by atoms with Gasteiger partial charge in [-0.1, -0.05) is 0 Å². The Kier molecular flexibility index (Phi) is 265. The Bertz CT molecular complexity index is 24.9. The summed E-state index contributed by atoms with van der Waals surface area (Å²) in [5.74, 6) is 0. The van der Waals surface area contributed by atoms with Gasteiger partial charge in [0.1, 0.15) is 0 Å². The summed E-state index contributed by atoms with van der Waals surface area (Å²) in [6.45, 7) is 0. The molecule has 5 nitrogen and oxygen atoms in total. The topological polar surface area (TPSA) is 129 Å². The molecule has 0 saturated carbocycles. The van der Waals surface area contributed by atoms with Crippen molar-refractivity contribution >= 4 is 26.4 Å². The Morgan fingerprint density at radius 1 is 0.833 bits per heavy atom. The van der Waals surface area contributed by atoms with E-state index in [0.717, 1.165) is 0 Å². The first kappa shape index (κ1) is 31.6. The van der Waals surface area contributed by atoms with Crippen LogP contribution in [0.4, 0.5) is 0 Å². The van der Waals surface area contributed by atoms with E-state index in [4.69, 9.17) is 4.84 Å². The molecule has 0 rings (SSSR count). The van der Waals surface area contributed by atoms with Crippen LogP contribution in [0.15, 0.2) is 0 Å². The third-order valence-electron chi connectivity index (χ3n) is 0. The minimum atomic E-state index is -2.42. The van der Waals surface area contributed by atoms with Crippen LogP contribution in [-0.2, 0) is 4.84 Å². The third kappa shape index (κ3) is 235. The molecule has 0 saturated heterocycles. The van der Waals surface area contributed by atoms with Gasteiger partial charge in [-0.05, 0) is 0 Å². The predicted octanol–water partition coefficient (Wildman–Crippen LogP) is -3.09. The van der Waals surface area contributed by atoms with E-state index in [0.29, 0.717) is 0 Å². The molecule has 6 N–H and O–H groups in total. The summed E-state index contributed by atoms with van der Waals surface area (Å²) in [5.41, 5.74) is 0. The molecule has 0 fully saturated rings. The summed E-state index contributed by atoms with van der Waals surface area (Å²) in [4.78, 5) is 0. The second-order valence-electron chi connectivity index (χ2n) is 0.167. The van der Waals surface area contributed by atoms with Crippen molar-refractivity contribution in [3.63, 3.8) is 0 Å². The van der Waals surface area contributed by atoms with Crippen molar-refractivity contribution in [3.05, 3.63) is 0 Å². The molecule has 0 heterocycles. The van der Waals surface area contributed by atoms with Crippen molar-refractivity contribution in [2.75, 3.05) is 0 Å². The molecule has 0 spiro atoms. The van der Waals surface area contributed by atoms with Gasteiger partial charge in [0.25, 0.3) is 0 Å². The molecular weight excluding hydrogens is 103 g/mol. The molecule has 0 aromatic carbocycles. The molecule has 37 valence electrons. The van der Waals surface area contributed by atoms with Gasteiger partial charge in [0.2, 0.25) is 0 Å². The van der Waals surface area contributed by atoms with Crippen molar-refractivity contribution in [1.29, 1.82) is 0 Å². The zero-order valence-corrected chi connectivity index (χ0v) is 5.32. The molecule has 0 aliphatic carbocycles. The summed E-state index contributed by atoms with van der Waals surface area (Å²) < 4.78 is 17.1. The van der Waals surface area contributed by atoms with Crippen molar-refractivity contribution in [2.24, 2.45) is 0 Å². The monoisotopic (exact) mass is 109 g/mol. The van der Waals surface area contributed by atoms with Crippen LogP contribution in [0.25, 0.3) is 0 Å². The zero-order valence-electron chi connectivity index (χ0n) is 3.32. The van der Waals surface area contributed by atoms with E-state index in [9.17, 15) is 0 Å². The Morgan fingerprint density at radius 2 is 0.833 bits per heavy atom. The van der Waals surface area contributed by atoms with Crippen LogP contribution in [0.1, 0.15) is 0 Å². The van der Waals surface area contributed by atoms with Crippen LogP contribution in [0.3, 0.4) is 0 Å². The van der Waals surface area contributed by atoms with E-state index in [2.05, 4.69) is 0 Å². The maximum absolute atomic E-state index is 8.57. The summed E-state index contributed by atoms with van der Waals surface area (Å²) >= 11 is -2.42. The zero-order chi connectivity index (χ0) is 2.71. The van der Waals surface area contributed by atoms with Gasteiger partial charge in [0.15, 0.2) is 0 Å².